The van der Waals surface area contributed by atoms with E-state index in [1.807, 2.05) is 0 Å². The van der Waals surface area contributed by atoms with Gasteiger partial charge in [0.2, 0.25) is 0 Å². The van der Waals surface area contributed by atoms with Crippen molar-refractivity contribution in [1.29, 1.82) is 0 Å². The van der Waals surface area contributed by atoms with Crippen molar-refractivity contribution in [1.82, 2.24) is 4.90 Å². The Hall–Kier alpha value is 0.440. The molecule has 15 heavy (non-hydrogen) atoms. The molecule has 1 saturated carbocycles. The lowest BCUT2D eigenvalue weighted by atomic mass is 9.82. The van der Waals surface area contributed by atoms with Gasteiger partial charge in [0.25, 0.3) is 0 Å². The molecule has 1 aliphatic rings. The Morgan fingerprint density at radius 2 is 1.93 bits per heavy atom. The highest BCUT2D eigenvalue weighted by molar-refractivity contribution is 9.09. The predicted molar refractivity (Wildman–Crippen MR) is 71.5 cm³/mol. The van der Waals surface area contributed by atoms with Crippen molar-refractivity contribution >= 4 is 15.9 Å². The Bertz CT molecular complexity index is 197. The molecule has 1 aliphatic carbocycles. The van der Waals surface area contributed by atoms with E-state index in [0.29, 0.717) is 5.41 Å². The molecule has 3 unspecified atom stereocenters. The van der Waals surface area contributed by atoms with Crippen molar-refractivity contribution in [2.24, 2.45) is 23.2 Å². The van der Waals surface area contributed by atoms with Crippen LogP contribution in [0.1, 0.15) is 34.1 Å². The summed E-state index contributed by atoms with van der Waals surface area (Å²) in [7, 11) is 2.27. The molecule has 90 valence electrons. The van der Waals surface area contributed by atoms with Crippen molar-refractivity contribution < 1.29 is 0 Å². The normalized spacial score (nSPS) is 28.2. The first kappa shape index (κ1) is 13.5. The molecule has 0 spiro atoms. The van der Waals surface area contributed by atoms with Gasteiger partial charge in [-0.25, -0.2) is 0 Å². The summed E-state index contributed by atoms with van der Waals surface area (Å²) in [5.41, 5.74) is 0.410. The molecule has 0 radical (unpaired) electrons. The maximum Gasteiger partial charge on any atom is 0.00768 e. The summed E-state index contributed by atoms with van der Waals surface area (Å²) in [6.45, 7) is 11.9. The van der Waals surface area contributed by atoms with Gasteiger partial charge in [0, 0.05) is 18.4 Å². The van der Waals surface area contributed by atoms with Crippen LogP contribution in [0, 0.1) is 23.2 Å². The number of hydrogen-bond acceptors (Lipinski definition) is 1. The number of hydrogen-bond donors (Lipinski definition) is 0. The maximum atomic E-state index is 3.65. The van der Waals surface area contributed by atoms with Gasteiger partial charge in [-0.3, -0.25) is 0 Å². The minimum absolute atomic E-state index is 0.410. The second-order valence-corrected chi connectivity index (χ2v) is 7.06. The van der Waals surface area contributed by atoms with Gasteiger partial charge < -0.3 is 4.90 Å². The molecule has 0 aromatic carbocycles. The lowest BCUT2D eigenvalue weighted by Crippen LogP contribution is -2.35. The van der Waals surface area contributed by atoms with E-state index in [4.69, 9.17) is 0 Å². The molecule has 0 amide bonds. The summed E-state index contributed by atoms with van der Waals surface area (Å²) in [6.07, 6.45) is 1.44. The molecule has 0 bridgehead atoms. The lowest BCUT2D eigenvalue weighted by molar-refractivity contribution is 0.182. The smallest absolute Gasteiger partial charge is 0.00768 e. The van der Waals surface area contributed by atoms with Crippen molar-refractivity contribution in [3.63, 3.8) is 0 Å². The van der Waals surface area contributed by atoms with Crippen LogP contribution in [-0.2, 0) is 0 Å². The van der Waals surface area contributed by atoms with Crippen LogP contribution in [0.15, 0.2) is 0 Å². The van der Waals surface area contributed by atoms with E-state index in [1.54, 1.807) is 0 Å². The Morgan fingerprint density at radius 3 is 2.27 bits per heavy atom. The molecule has 3 atom stereocenters. The van der Waals surface area contributed by atoms with Gasteiger partial charge in [-0.15, -0.1) is 0 Å². The molecule has 1 fully saturated rings. The largest absolute Gasteiger partial charge is 0.306 e. The number of halogens is 1. The lowest BCUT2D eigenvalue weighted by Gasteiger charge is -2.32. The van der Waals surface area contributed by atoms with E-state index in [1.165, 1.54) is 19.5 Å². The van der Waals surface area contributed by atoms with E-state index in [9.17, 15) is 0 Å². The molecular formula is C13H26BrN. The molecule has 2 heteroatoms. The van der Waals surface area contributed by atoms with E-state index in [-0.39, 0.29) is 0 Å². The third-order valence-corrected chi connectivity index (χ3v) is 4.55. The highest BCUT2D eigenvalue weighted by Crippen LogP contribution is 2.38. The van der Waals surface area contributed by atoms with Crippen LogP contribution < -0.4 is 0 Å². The van der Waals surface area contributed by atoms with Crippen molar-refractivity contribution in [3.05, 3.63) is 0 Å². The monoisotopic (exact) mass is 275 g/mol. The molecule has 0 aromatic rings. The Morgan fingerprint density at radius 1 is 1.40 bits per heavy atom. The fourth-order valence-corrected chi connectivity index (χ4v) is 3.23. The highest BCUT2D eigenvalue weighted by atomic mass is 79.9. The molecule has 0 heterocycles. The standard InChI is InChI=1S/C13H26BrN/c1-10-6-11(10)8-15(5)9-12(7-14)13(2,3)4/h10-12H,6-9H2,1-5H3. The average Bonchev–Trinajstić information content (AvgIpc) is 2.75. The molecule has 1 rings (SSSR count). The van der Waals surface area contributed by atoms with Crippen LogP contribution in [-0.4, -0.2) is 30.4 Å². The first-order valence-corrected chi connectivity index (χ1v) is 7.21. The highest BCUT2D eigenvalue weighted by Gasteiger charge is 2.34. The van der Waals surface area contributed by atoms with Crippen molar-refractivity contribution in [2.45, 2.75) is 34.1 Å². The molecule has 0 N–H and O–H groups in total. The van der Waals surface area contributed by atoms with E-state index >= 15 is 0 Å². The van der Waals surface area contributed by atoms with Crippen LogP contribution >= 0.6 is 15.9 Å². The van der Waals surface area contributed by atoms with Gasteiger partial charge >= 0.3 is 0 Å². The topological polar surface area (TPSA) is 3.24 Å². The second kappa shape index (κ2) is 5.18. The third-order valence-electron chi connectivity index (χ3n) is 3.77. The number of rotatable bonds is 5. The third kappa shape index (κ3) is 4.44. The molecule has 1 nitrogen and oxygen atoms in total. The first-order chi connectivity index (χ1) is 6.84. The number of alkyl halides is 1. The fraction of sp³-hybridized carbons (Fsp3) is 1.00. The molecule has 0 aliphatic heterocycles. The predicted octanol–water partition coefficient (Wildman–Crippen LogP) is 3.63. The van der Waals surface area contributed by atoms with Crippen LogP contribution in [0.4, 0.5) is 0 Å². The van der Waals surface area contributed by atoms with Gasteiger partial charge in [0.1, 0.15) is 0 Å². The first-order valence-electron chi connectivity index (χ1n) is 6.09. The summed E-state index contributed by atoms with van der Waals surface area (Å²) in [5.74, 6) is 2.70. The summed E-state index contributed by atoms with van der Waals surface area (Å²) in [6, 6.07) is 0. The van der Waals surface area contributed by atoms with E-state index in [0.717, 1.165) is 23.1 Å². The summed E-state index contributed by atoms with van der Waals surface area (Å²) >= 11 is 3.65. The van der Waals surface area contributed by atoms with Crippen LogP contribution in [0.25, 0.3) is 0 Å². The summed E-state index contributed by atoms with van der Waals surface area (Å²) in [4.78, 5) is 2.52. The second-order valence-electron chi connectivity index (χ2n) is 6.41. The van der Waals surface area contributed by atoms with Gasteiger partial charge in [-0.2, -0.15) is 0 Å². The minimum Gasteiger partial charge on any atom is -0.306 e. The summed E-state index contributed by atoms with van der Waals surface area (Å²) < 4.78 is 0. The average molecular weight is 276 g/mol. The van der Waals surface area contributed by atoms with Gasteiger partial charge in [-0.1, -0.05) is 43.6 Å². The Balaban J connectivity index is 2.31. The Kier molecular flexibility index (Phi) is 4.66. The van der Waals surface area contributed by atoms with Gasteiger partial charge in [-0.05, 0) is 36.6 Å². The fourth-order valence-electron chi connectivity index (χ4n) is 2.06. The van der Waals surface area contributed by atoms with Crippen LogP contribution in [0.2, 0.25) is 0 Å². The zero-order chi connectivity index (χ0) is 11.6. The maximum absolute atomic E-state index is 3.65. The minimum atomic E-state index is 0.410. The van der Waals surface area contributed by atoms with Crippen molar-refractivity contribution in [3.8, 4) is 0 Å². The SMILES string of the molecule is CC1CC1CN(C)CC(CBr)C(C)(C)C. The Labute approximate surface area is 104 Å². The van der Waals surface area contributed by atoms with Gasteiger partial charge in [0.15, 0.2) is 0 Å². The molecule has 0 aromatic heterocycles. The van der Waals surface area contributed by atoms with Crippen LogP contribution in [0.5, 0.6) is 0 Å². The van der Waals surface area contributed by atoms with E-state index < -0.39 is 0 Å². The van der Waals surface area contributed by atoms with Gasteiger partial charge in [0.05, 0.1) is 0 Å². The van der Waals surface area contributed by atoms with E-state index in [2.05, 4.69) is 55.6 Å². The van der Waals surface area contributed by atoms with Crippen LogP contribution in [0.3, 0.4) is 0 Å². The summed E-state index contributed by atoms with van der Waals surface area (Å²) in [5, 5.41) is 1.11. The quantitative estimate of drug-likeness (QED) is 0.693. The van der Waals surface area contributed by atoms with Crippen molar-refractivity contribution in [2.75, 3.05) is 25.5 Å². The number of nitrogens with zero attached hydrogens (tertiary/aromatic N) is 1. The zero-order valence-corrected chi connectivity index (χ0v) is 12.5. The molecular weight excluding hydrogens is 250 g/mol. The zero-order valence-electron chi connectivity index (χ0n) is 10.9. The molecule has 0 saturated heterocycles.